The summed E-state index contributed by atoms with van der Waals surface area (Å²) in [6.07, 6.45) is 4.64. The summed E-state index contributed by atoms with van der Waals surface area (Å²) in [5, 5.41) is 0. The molecular formula is C12H23NO. The standard InChI is InChI=1S/C12H23NO/c1-9-5-4-6-10(7-9)11(14)12(2,3)8-13/h9-10H,4-8,13H2,1-3H3. The molecule has 0 heterocycles. The SMILES string of the molecule is CC1CCCC(C(=O)C(C)(C)CN)C1. The lowest BCUT2D eigenvalue weighted by Crippen LogP contribution is -2.38. The summed E-state index contributed by atoms with van der Waals surface area (Å²) in [6, 6.07) is 0. The first-order valence-electron chi connectivity index (χ1n) is 5.71. The largest absolute Gasteiger partial charge is 0.329 e. The van der Waals surface area contributed by atoms with E-state index in [0.29, 0.717) is 18.2 Å². The van der Waals surface area contributed by atoms with Crippen LogP contribution in [0.3, 0.4) is 0 Å². The van der Waals surface area contributed by atoms with E-state index in [-0.39, 0.29) is 11.3 Å². The van der Waals surface area contributed by atoms with Crippen LogP contribution in [0.25, 0.3) is 0 Å². The molecule has 1 saturated carbocycles. The second-order valence-electron chi connectivity index (χ2n) is 5.42. The lowest BCUT2D eigenvalue weighted by Gasteiger charge is -2.31. The third-order valence-corrected chi connectivity index (χ3v) is 3.48. The predicted octanol–water partition coefficient (Wildman–Crippen LogP) is 2.37. The van der Waals surface area contributed by atoms with Gasteiger partial charge < -0.3 is 5.73 Å². The van der Waals surface area contributed by atoms with E-state index >= 15 is 0 Å². The Bertz CT molecular complexity index is 210. The summed E-state index contributed by atoms with van der Waals surface area (Å²) in [7, 11) is 0. The molecule has 82 valence electrons. The van der Waals surface area contributed by atoms with Crippen molar-refractivity contribution in [1.29, 1.82) is 0 Å². The number of hydrogen-bond acceptors (Lipinski definition) is 2. The summed E-state index contributed by atoms with van der Waals surface area (Å²) < 4.78 is 0. The molecule has 2 N–H and O–H groups in total. The van der Waals surface area contributed by atoms with Crippen molar-refractivity contribution in [2.75, 3.05) is 6.54 Å². The van der Waals surface area contributed by atoms with Crippen LogP contribution in [0.2, 0.25) is 0 Å². The summed E-state index contributed by atoms with van der Waals surface area (Å²) in [5.74, 6) is 1.37. The van der Waals surface area contributed by atoms with Crippen LogP contribution in [0.1, 0.15) is 46.5 Å². The van der Waals surface area contributed by atoms with Crippen LogP contribution in [-0.4, -0.2) is 12.3 Å². The Morgan fingerprint density at radius 2 is 2.07 bits per heavy atom. The molecule has 0 radical (unpaired) electrons. The number of hydrogen-bond donors (Lipinski definition) is 1. The van der Waals surface area contributed by atoms with E-state index in [4.69, 9.17) is 5.73 Å². The molecular weight excluding hydrogens is 174 g/mol. The fourth-order valence-electron chi connectivity index (χ4n) is 2.33. The van der Waals surface area contributed by atoms with Crippen molar-refractivity contribution in [2.24, 2.45) is 23.0 Å². The minimum absolute atomic E-state index is 0.275. The molecule has 0 bridgehead atoms. The molecule has 14 heavy (non-hydrogen) atoms. The Labute approximate surface area is 87.2 Å². The zero-order chi connectivity index (χ0) is 10.8. The number of nitrogens with two attached hydrogens (primary N) is 1. The van der Waals surface area contributed by atoms with Crippen molar-refractivity contribution in [1.82, 2.24) is 0 Å². The first-order chi connectivity index (χ1) is 6.47. The van der Waals surface area contributed by atoms with Crippen LogP contribution in [0, 0.1) is 17.3 Å². The predicted molar refractivity (Wildman–Crippen MR) is 59.0 cm³/mol. The lowest BCUT2D eigenvalue weighted by molar-refractivity contribution is -0.132. The third kappa shape index (κ3) is 2.57. The fraction of sp³-hybridized carbons (Fsp3) is 0.917. The van der Waals surface area contributed by atoms with Gasteiger partial charge >= 0.3 is 0 Å². The fourth-order valence-corrected chi connectivity index (χ4v) is 2.33. The van der Waals surface area contributed by atoms with Gasteiger partial charge in [0, 0.05) is 17.9 Å². The van der Waals surface area contributed by atoms with Gasteiger partial charge in [-0.25, -0.2) is 0 Å². The maximum atomic E-state index is 12.1. The summed E-state index contributed by atoms with van der Waals surface area (Å²) in [4.78, 5) is 12.1. The summed E-state index contributed by atoms with van der Waals surface area (Å²) in [5.41, 5.74) is 5.31. The topological polar surface area (TPSA) is 43.1 Å². The van der Waals surface area contributed by atoms with Crippen molar-refractivity contribution < 1.29 is 4.79 Å². The van der Waals surface area contributed by atoms with E-state index in [9.17, 15) is 4.79 Å². The average molecular weight is 197 g/mol. The van der Waals surface area contributed by atoms with Gasteiger partial charge in [-0.1, -0.05) is 33.6 Å². The highest BCUT2D eigenvalue weighted by Gasteiger charge is 2.34. The maximum absolute atomic E-state index is 12.1. The van der Waals surface area contributed by atoms with E-state index in [1.807, 2.05) is 13.8 Å². The van der Waals surface area contributed by atoms with Crippen LogP contribution in [0.5, 0.6) is 0 Å². The second kappa shape index (κ2) is 4.43. The van der Waals surface area contributed by atoms with Crippen LogP contribution in [0.15, 0.2) is 0 Å². The Morgan fingerprint density at radius 3 is 2.57 bits per heavy atom. The Kier molecular flexibility index (Phi) is 3.71. The van der Waals surface area contributed by atoms with Crippen LogP contribution in [-0.2, 0) is 4.79 Å². The molecule has 0 saturated heterocycles. The van der Waals surface area contributed by atoms with Gasteiger partial charge in [0.05, 0.1) is 0 Å². The summed E-state index contributed by atoms with van der Waals surface area (Å²) in [6.45, 7) is 6.65. The van der Waals surface area contributed by atoms with Crippen LogP contribution in [0.4, 0.5) is 0 Å². The number of carbonyl (C=O) groups is 1. The highest BCUT2D eigenvalue weighted by atomic mass is 16.1. The van der Waals surface area contributed by atoms with Gasteiger partial charge in [-0.05, 0) is 18.8 Å². The molecule has 2 unspecified atom stereocenters. The maximum Gasteiger partial charge on any atom is 0.142 e. The Morgan fingerprint density at radius 1 is 1.43 bits per heavy atom. The van der Waals surface area contributed by atoms with E-state index in [1.54, 1.807) is 0 Å². The van der Waals surface area contributed by atoms with Crippen LogP contribution >= 0.6 is 0 Å². The molecule has 2 atom stereocenters. The van der Waals surface area contributed by atoms with Gasteiger partial charge in [0.25, 0.3) is 0 Å². The molecule has 1 fully saturated rings. The van der Waals surface area contributed by atoms with E-state index < -0.39 is 0 Å². The second-order valence-corrected chi connectivity index (χ2v) is 5.42. The highest BCUT2D eigenvalue weighted by Crippen LogP contribution is 2.33. The van der Waals surface area contributed by atoms with E-state index in [0.717, 1.165) is 12.8 Å². The van der Waals surface area contributed by atoms with E-state index in [2.05, 4.69) is 6.92 Å². The first kappa shape index (κ1) is 11.7. The quantitative estimate of drug-likeness (QED) is 0.754. The molecule has 1 aliphatic carbocycles. The monoisotopic (exact) mass is 197 g/mol. The number of carbonyl (C=O) groups excluding carboxylic acids is 1. The number of rotatable bonds is 3. The minimum atomic E-state index is -0.318. The van der Waals surface area contributed by atoms with E-state index in [1.165, 1.54) is 12.8 Å². The van der Waals surface area contributed by atoms with Gasteiger partial charge in [0.1, 0.15) is 5.78 Å². The molecule has 2 nitrogen and oxygen atoms in total. The van der Waals surface area contributed by atoms with Gasteiger partial charge in [-0.15, -0.1) is 0 Å². The lowest BCUT2D eigenvalue weighted by atomic mass is 9.73. The van der Waals surface area contributed by atoms with Crippen molar-refractivity contribution in [3.05, 3.63) is 0 Å². The Hall–Kier alpha value is -0.370. The number of ketones is 1. The van der Waals surface area contributed by atoms with Crippen molar-refractivity contribution in [3.8, 4) is 0 Å². The third-order valence-electron chi connectivity index (χ3n) is 3.48. The zero-order valence-corrected chi connectivity index (χ0v) is 9.68. The number of Topliss-reactive ketones (excluding diaryl/α,β-unsaturated/α-hetero) is 1. The molecule has 0 spiro atoms. The van der Waals surface area contributed by atoms with Gasteiger partial charge in [-0.3, -0.25) is 4.79 Å². The normalized spacial score (nSPS) is 28.9. The average Bonchev–Trinajstić information content (AvgIpc) is 2.16. The molecule has 2 heteroatoms. The molecule has 0 aromatic carbocycles. The van der Waals surface area contributed by atoms with Crippen molar-refractivity contribution in [3.63, 3.8) is 0 Å². The summed E-state index contributed by atoms with van der Waals surface area (Å²) >= 11 is 0. The first-order valence-corrected chi connectivity index (χ1v) is 5.71. The molecule has 0 aromatic heterocycles. The molecule has 1 rings (SSSR count). The molecule has 0 amide bonds. The molecule has 0 aliphatic heterocycles. The van der Waals surface area contributed by atoms with Crippen LogP contribution < -0.4 is 5.73 Å². The Balaban J connectivity index is 2.60. The van der Waals surface area contributed by atoms with Gasteiger partial charge in [-0.2, -0.15) is 0 Å². The zero-order valence-electron chi connectivity index (χ0n) is 9.68. The minimum Gasteiger partial charge on any atom is -0.329 e. The van der Waals surface area contributed by atoms with Gasteiger partial charge in [0.15, 0.2) is 0 Å². The van der Waals surface area contributed by atoms with Gasteiger partial charge in [0.2, 0.25) is 0 Å². The smallest absolute Gasteiger partial charge is 0.142 e. The van der Waals surface area contributed by atoms with Crippen molar-refractivity contribution >= 4 is 5.78 Å². The van der Waals surface area contributed by atoms with Crippen molar-refractivity contribution in [2.45, 2.75) is 46.5 Å². The molecule has 1 aliphatic rings. The highest BCUT2D eigenvalue weighted by molar-refractivity contribution is 5.86. The molecule has 0 aromatic rings.